The Hall–Kier alpha value is -3.18. The number of amides is 1. The summed E-state index contributed by atoms with van der Waals surface area (Å²) < 4.78 is 2.75. The largest absolute Gasteiger partial charge is 0.322 e. The average Bonchev–Trinajstić information content (AvgIpc) is 3.18. The molecule has 0 bridgehead atoms. The third-order valence-electron chi connectivity index (χ3n) is 4.44. The number of carbonyl (C=O) groups excluding carboxylic acids is 1. The SMILES string of the molecule is Cc1cc(NC(=O)c2cn(-c3ccccc3)nc2-c2ccccc2)ccc1Br. The predicted molar refractivity (Wildman–Crippen MR) is 116 cm³/mol. The molecule has 0 aliphatic rings. The molecule has 0 radical (unpaired) electrons. The number of hydrogen-bond donors (Lipinski definition) is 1. The van der Waals surface area contributed by atoms with Crippen molar-refractivity contribution in [2.45, 2.75) is 6.92 Å². The first-order chi connectivity index (χ1) is 13.6. The normalized spacial score (nSPS) is 10.6. The van der Waals surface area contributed by atoms with Crippen LogP contribution in [0.25, 0.3) is 16.9 Å². The smallest absolute Gasteiger partial charge is 0.259 e. The van der Waals surface area contributed by atoms with Gasteiger partial charge in [-0.3, -0.25) is 4.79 Å². The topological polar surface area (TPSA) is 46.9 Å². The zero-order chi connectivity index (χ0) is 19.5. The van der Waals surface area contributed by atoms with Gasteiger partial charge in [0.2, 0.25) is 0 Å². The summed E-state index contributed by atoms with van der Waals surface area (Å²) in [5.41, 5.74) is 4.78. The van der Waals surface area contributed by atoms with E-state index in [2.05, 4.69) is 21.2 Å². The van der Waals surface area contributed by atoms with Crippen LogP contribution < -0.4 is 5.32 Å². The van der Waals surface area contributed by atoms with Crippen molar-refractivity contribution in [1.29, 1.82) is 0 Å². The molecule has 0 saturated heterocycles. The van der Waals surface area contributed by atoms with Gasteiger partial charge >= 0.3 is 0 Å². The number of para-hydroxylation sites is 1. The molecule has 1 N–H and O–H groups in total. The third kappa shape index (κ3) is 3.75. The molecule has 3 aromatic carbocycles. The van der Waals surface area contributed by atoms with Crippen LogP contribution in [-0.2, 0) is 0 Å². The Morgan fingerprint density at radius 1 is 0.964 bits per heavy atom. The fourth-order valence-electron chi connectivity index (χ4n) is 2.98. The molecule has 28 heavy (non-hydrogen) atoms. The summed E-state index contributed by atoms with van der Waals surface area (Å²) in [6, 6.07) is 25.2. The van der Waals surface area contributed by atoms with Crippen LogP contribution >= 0.6 is 15.9 Å². The molecule has 138 valence electrons. The average molecular weight is 432 g/mol. The van der Waals surface area contributed by atoms with E-state index < -0.39 is 0 Å². The fraction of sp³-hybridized carbons (Fsp3) is 0.0435. The standard InChI is InChI=1S/C23H18BrN3O/c1-16-14-18(12-13-21(16)24)25-23(28)20-15-27(19-10-6-3-7-11-19)26-22(20)17-8-4-2-5-9-17/h2-15H,1H3,(H,25,28). The van der Waals surface area contributed by atoms with Crippen LogP contribution in [0.2, 0.25) is 0 Å². The van der Waals surface area contributed by atoms with Gasteiger partial charge in [-0.2, -0.15) is 5.10 Å². The minimum atomic E-state index is -0.192. The highest BCUT2D eigenvalue weighted by atomic mass is 79.9. The lowest BCUT2D eigenvalue weighted by atomic mass is 10.1. The lowest BCUT2D eigenvalue weighted by Crippen LogP contribution is -2.12. The van der Waals surface area contributed by atoms with Crippen LogP contribution in [0.5, 0.6) is 0 Å². The summed E-state index contributed by atoms with van der Waals surface area (Å²) in [4.78, 5) is 13.1. The highest BCUT2D eigenvalue weighted by Crippen LogP contribution is 2.25. The Morgan fingerprint density at radius 2 is 1.64 bits per heavy atom. The number of halogens is 1. The Bertz CT molecular complexity index is 1120. The van der Waals surface area contributed by atoms with Crippen LogP contribution in [0.15, 0.2) is 89.5 Å². The lowest BCUT2D eigenvalue weighted by molar-refractivity contribution is 0.102. The second kappa shape index (κ2) is 7.82. The van der Waals surface area contributed by atoms with Crippen molar-refractivity contribution >= 4 is 27.5 Å². The minimum Gasteiger partial charge on any atom is -0.322 e. The van der Waals surface area contributed by atoms with Gasteiger partial charge in [0.05, 0.1) is 11.3 Å². The molecule has 0 aliphatic carbocycles. The van der Waals surface area contributed by atoms with E-state index in [-0.39, 0.29) is 5.91 Å². The number of rotatable bonds is 4. The molecule has 4 rings (SSSR count). The highest BCUT2D eigenvalue weighted by Gasteiger charge is 2.19. The summed E-state index contributed by atoms with van der Waals surface area (Å²) >= 11 is 3.49. The van der Waals surface area contributed by atoms with E-state index in [4.69, 9.17) is 5.10 Å². The van der Waals surface area contributed by atoms with Gasteiger partial charge in [0.15, 0.2) is 0 Å². The van der Waals surface area contributed by atoms with E-state index in [0.717, 1.165) is 27.0 Å². The highest BCUT2D eigenvalue weighted by molar-refractivity contribution is 9.10. The zero-order valence-corrected chi connectivity index (χ0v) is 16.8. The summed E-state index contributed by atoms with van der Waals surface area (Å²) in [7, 11) is 0. The Morgan fingerprint density at radius 3 is 2.32 bits per heavy atom. The molecule has 1 heterocycles. The second-order valence-corrected chi connectivity index (χ2v) is 7.31. The summed E-state index contributed by atoms with van der Waals surface area (Å²) in [6.45, 7) is 1.99. The monoisotopic (exact) mass is 431 g/mol. The molecule has 0 unspecified atom stereocenters. The Labute approximate surface area is 172 Å². The molecule has 0 spiro atoms. The quantitative estimate of drug-likeness (QED) is 0.439. The number of benzene rings is 3. The van der Waals surface area contributed by atoms with E-state index in [0.29, 0.717) is 11.3 Å². The number of anilines is 1. The van der Waals surface area contributed by atoms with Gasteiger partial charge in [0, 0.05) is 21.9 Å². The molecule has 0 saturated carbocycles. The summed E-state index contributed by atoms with van der Waals surface area (Å²) in [6.07, 6.45) is 1.78. The second-order valence-electron chi connectivity index (χ2n) is 6.46. The molecule has 0 atom stereocenters. The van der Waals surface area contributed by atoms with Crippen LogP contribution in [0.1, 0.15) is 15.9 Å². The molecular weight excluding hydrogens is 414 g/mol. The predicted octanol–water partition coefficient (Wildman–Crippen LogP) is 5.86. The first-order valence-electron chi connectivity index (χ1n) is 8.90. The Balaban J connectivity index is 1.75. The molecule has 0 fully saturated rings. The van der Waals surface area contributed by atoms with E-state index in [1.54, 1.807) is 10.9 Å². The molecule has 1 amide bonds. The fourth-order valence-corrected chi connectivity index (χ4v) is 3.23. The van der Waals surface area contributed by atoms with E-state index in [9.17, 15) is 4.79 Å². The Kier molecular flexibility index (Phi) is 5.08. The van der Waals surface area contributed by atoms with Gasteiger partial charge in [-0.25, -0.2) is 4.68 Å². The molecule has 1 aromatic heterocycles. The third-order valence-corrected chi connectivity index (χ3v) is 5.33. The van der Waals surface area contributed by atoms with Gasteiger partial charge < -0.3 is 5.32 Å². The number of hydrogen-bond acceptors (Lipinski definition) is 2. The minimum absolute atomic E-state index is 0.192. The maximum Gasteiger partial charge on any atom is 0.259 e. The maximum absolute atomic E-state index is 13.1. The number of aryl methyl sites for hydroxylation is 1. The molecule has 5 heteroatoms. The number of aromatic nitrogens is 2. The zero-order valence-electron chi connectivity index (χ0n) is 15.3. The van der Waals surface area contributed by atoms with Crippen molar-refractivity contribution < 1.29 is 4.79 Å². The van der Waals surface area contributed by atoms with Gasteiger partial charge in [-0.1, -0.05) is 64.5 Å². The van der Waals surface area contributed by atoms with Crippen LogP contribution in [0.3, 0.4) is 0 Å². The molecule has 0 aliphatic heterocycles. The number of carbonyl (C=O) groups is 1. The van der Waals surface area contributed by atoms with Gasteiger partial charge in [0.25, 0.3) is 5.91 Å². The van der Waals surface area contributed by atoms with Crippen molar-refractivity contribution in [1.82, 2.24) is 9.78 Å². The first-order valence-corrected chi connectivity index (χ1v) is 9.69. The lowest BCUT2D eigenvalue weighted by Gasteiger charge is -2.07. The van der Waals surface area contributed by atoms with E-state index >= 15 is 0 Å². The van der Waals surface area contributed by atoms with Crippen LogP contribution in [0.4, 0.5) is 5.69 Å². The van der Waals surface area contributed by atoms with E-state index in [1.807, 2.05) is 85.8 Å². The van der Waals surface area contributed by atoms with Gasteiger partial charge in [0.1, 0.15) is 5.69 Å². The molecular formula is C23H18BrN3O. The summed E-state index contributed by atoms with van der Waals surface area (Å²) in [5, 5.41) is 7.68. The maximum atomic E-state index is 13.1. The van der Waals surface area contributed by atoms with Crippen molar-refractivity contribution in [3.8, 4) is 16.9 Å². The number of nitrogens with one attached hydrogen (secondary N) is 1. The van der Waals surface area contributed by atoms with Crippen molar-refractivity contribution in [2.75, 3.05) is 5.32 Å². The van der Waals surface area contributed by atoms with Crippen molar-refractivity contribution in [2.24, 2.45) is 0 Å². The van der Waals surface area contributed by atoms with E-state index in [1.165, 1.54) is 0 Å². The van der Waals surface area contributed by atoms with Crippen LogP contribution in [-0.4, -0.2) is 15.7 Å². The number of nitrogens with zero attached hydrogens (tertiary/aromatic N) is 2. The van der Waals surface area contributed by atoms with Crippen LogP contribution in [0, 0.1) is 6.92 Å². The molecule has 4 nitrogen and oxygen atoms in total. The summed E-state index contributed by atoms with van der Waals surface area (Å²) in [5.74, 6) is -0.192. The first kappa shape index (κ1) is 18.2. The van der Waals surface area contributed by atoms with Gasteiger partial charge in [-0.15, -0.1) is 0 Å². The van der Waals surface area contributed by atoms with Gasteiger partial charge in [-0.05, 0) is 42.8 Å². The molecule has 4 aromatic rings. The van der Waals surface area contributed by atoms with Crippen molar-refractivity contribution in [3.05, 3.63) is 101 Å². The van der Waals surface area contributed by atoms with Crippen molar-refractivity contribution in [3.63, 3.8) is 0 Å².